The molecule has 0 aliphatic heterocycles. The molecule has 1 N–H and O–H groups in total. The van der Waals surface area contributed by atoms with Crippen molar-refractivity contribution in [3.63, 3.8) is 0 Å². The second-order valence-electron chi connectivity index (χ2n) is 4.87. The van der Waals surface area contributed by atoms with Crippen LogP contribution in [0.5, 0.6) is 0 Å². The van der Waals surface area contributed by atoms with E-state index in [4.69, 9.17) is 4.42 Å². The number of nitrogens with one attached hydrogen (secondary N) is 1. The van der Waals surface area contributed by atoms with Gasteiger partial charge in [0.25, 0.3) is 0 Å². The van der Waals surface area contributed by atoms with E-state index in [0.29, 0.717) is 0 Å². The predicted molar refractivity (Wildman–Crippen MR) is 62.4 cm³/mol. The molecule has 0 saturated heterocycles. The van der Waals surface area contributed by atoms with Gasteiger partial charge >= 0.3 is 0 Å². The van der Waals surface area contributed by atoms with Crippen LogP contribution in [0.1, 0.15) is 51.3 Å². The Hall–Kier alpha value is -0.900. The van der Waals surface area contributed by atoms with Crippen molar-refractivity contribution in [2.45, 2.75) is 51.4 Å². The Bertz CT molecular complexity index is 329. The van der Waals surface area contributed by atoms with Gasteiger partial charge < -0.3 is 9.73 Å². The van der Waals surface area contributed by atoms with Crippen molar-refractivity contribution < 1.29 is 4.42 Å². The number of aromatic nitrogens is 2. The van der Waals surface area contributed by atoms with Gasteiger partial charge in [-0.1, -0.05) is 26.7 Å². The van der Waals surface area contributed by atoms with Gasteiger partial charge in [-0.25, -0.2) is 0 Å². The summed E-state index contributed by atoms with van der Waals surface area (Å²) in [5.41, 5.74) is 0.142. The lowest BCUT2D eigenvalue weighted by atomic mass is 9.89. The molecule has 1 aromatic rings. The fraction of sp³-hybridized carbons (Fsp3) is 0.833. The molecule has 1 heterocycles. The largest absolute Gasteiger partial charge is 0.425 e. The van der Waals surface area contributed by atoms with Crippen LogP contribution in [0.4, 0.5) is 0 Å². The molecule has 4 heteroatoms. The first-order valence-corrected chi connectivity index (χ1v) is 6.28. The average Bonchev–Trinajstić information content (AvgIpc) is 2.88. The fourth-order valence-corrected chi connectivity index (χ4v) is 2.34. The molecule has 4 nitrogen and oxygen atoms in total. The van der Waals surface area contributed by atoms with Crippen molar-refractivity contribution in [3.8, 4) is 0 Å². The summed E-state index contributed by atoms with van der Waals surface area (Å²) in [7, 11) is 0. The monoisotopic (exact) mass is 223 g/mol. The van der Waals surface area contributed by atoms with Gasteiger partial charge in [0.05, 0.1) is 0 Å². The summed E-state index contributed by atoms with van der Waals surface area (Å²) in [5.74, 6) is 1.61. The molecular formula is C12H21N3O. The van der Waals surface area contributed by atoms with E-state index in [2.05, 4.69) is 29.4 Å². The SMILES string of the molecule is CCNCCc1nnc(C2(C)CCCC2)o1. The molecule has 0 spiro atoms. The number of hydrogen-bond acceptors (Lipinski definition) is 4. The van der Waals surface area contributed by atoms with Crippen LogP contribution in [0.15, 0.2) is 4.42 Å². The second kappa shape index (κ2) is 4.95. The topological polar surface area (TPSA) is 51.0 Å². The van der Waals surface area contributed by atoms with Crippen molar-refractivity contribution in [1.82, 2.24) is 15.5 Å². The fourth-order valence-electron chi connectivity index (χ4n) is 2.34. The quantitative estimate of drug-likeness (QED) is 0.776. The van der Waals surface area contributed by atoms with Crippen molar-refractivity contribution in [2.75, 3.05) is 13.1 Å². The molecule has 16 heavy (non-hydrogen) atoms. The highest BCUT2D eigenvalue weighted by atomic mass is 16.4. The Morgan fingerprint density at radius 1 is 1.31 bits per heavy atom. The molecule has 1 aliphatic rings. The first-order valence-electron chi connectivity index (χ1n) is 6.28. The highest BCUT2D eigenvalue weighted by Gasteiger charge is 2.35. The summed E-state index contributed by atoms with van der Waals surface area (Å²) in [6.07, 6.45) is 5.76. The highest BCUT2D eigenvalue weighted by molar-refractivity contribution is 5.04. The second-order valence-corrected chi connectivity index (χ2v) is 4.87. The summed E-state index contributed by atoms with van der Waals surface area (Å²) in [5, 5.41) is 11.6. The summed E-state index contributed by atoms with van der Waals surface area (Å²) < 4.78 is 5.75. The van der Waals surface area contributed by atoms with Gasteiger partial charge in [-0.15, -0.1) is 10.2 Å². The van der Waals surface area contributed by atoms with Crippen LogP contribution in [0.3, 0.4) is 0 Å². The maximum atomic E-state index is 5.75. The van der Waals surface area contributed by atoms with Gasteiger partial charge in [0.1, 0.15) is 0 Å². The molecule has 90 valence electrons. The lowest BCUT2D eigenvalue weighted by molar-refractivity contribution is 0.336. The molecule has 0 radical (unpaired) electrons. The third-order valence-corrected chi connectivity index (χ3v) is 3.46. The Balaban J connectivity index is 1.96. The van der Waals surface area contributed by atoms with Crippen LogP contribution in [0.25, 0.3) is 0 Å². The van der Waals surface area contributed by atoms with Crippen molar-refractivity contribution >= 4 is 0 Å². The van der Waals surface area contributed by atoms with Crippen LogP contribution in [-0.2, 0) is 11.8 Å². The predicted octanol–water partition coefficient (Wildman–Crippen LogP) is 2.05. The molecule has 1 aromatic heterocycles. The van der Waals surface area contributed by atoms with Crippen LogP contribution in [-0.4, -0.2) is 23.3 Å². The van der Waals surface area contributed by atoms with E-state index in [0.717, 1.165) is 31.3 Å². The third kappa shape index (κ3) is 2.43. The van der Waals surface area contributed by atoms with E-state index in [-0.39, 0.29) is 5.41 Å². The minimum atomic E-state index is 0.142. The van der Waals surface area contributed by atoms with Crippen LogP contribution in [0.2, 0.25) is 0 Å². The zero-order valence-electron chi connectivity index (χ0n) is 10.3. The van der Waals surface area contributed by atoms with Crippen LogP contribution < -0.4 is 5.32 Å². The number of nitrogens with zero attached hydrogens (tertiary/aromatic N) is 2. The average molecular weight is 223 g/mol. The van der Waals surface area contributed by atoms with Gasteiger partial charge in [0.15, 0.2) is 0 Å². The van der Waals surface area contributed by atoms with E-state index >= 15 is 0 Å². The standard InChI is InChI=1S/C12H21N3O/c1-3-13-9-6-10-14-15-11(16-10)12(2)7-4-5-8-12/h13H,3-9H2,1-2H3. The van der Waals surface area contributed by atoms with E-state index in [1.54, 1.807) is 0 Å². The molecule has 1 aliphatic carbocycles. The van der Waals surface area contributed by atoms with Gasteiger partial charge in [-0.05, 0) is 19.4 Å². The van der Waals surface area contributed by atoms with Crippen molar-refractivity contribution in [1.29, 1.82) is 0 Å². The summed E-state index contributed by atoms with van der Waals surface area (Å²) >= 11 is 0. The van der Waals surface area contributed by atoms with E-state index < -0.39 is 0 Å². The number of rotatable bonds is 5. The highest BCUT2D eigenvalue weighted by Crippen LogP contribution is 2.39. The molecule has 0 atom stereocenters. The molecule has 2 rings (SSSR count). The molecule has 1 fully saturated rings. The molecule has 0 unspecified atom stereocenters. The zero-order chi connectivity index (χ0) is 11.4. The Kier molecular flexibility index (Phi) is 3.59. The Morgan fingerprint density at radius 2 is 2.06 bits per heavy atom. The van der Waals surface area contributed by atoms with Crippen LogP contribution >= 0.6 is 0 Å². The summed E-state index contributed by atoms with van der Waals surface area (Å²) in [6.45, 7) is 6.23. The smallest absolute Gasteiger partial charge is 0.222 e. The zero-order valence-corrected chi connectivity index (χ0v) is 10.3. The molecule has 0 aromatic carbocycles. The number of likely N-dealkylation sites (N-methyl/N-ethyl adjacent to an activating group) is 1. The normalized spacial score (nSPS) is 19.1. The molecule has 0 bridgehead atoms. The third-order valence-electron chi connectivity index (χ3n) is 3.46. The number of hydrogen-bond donors (Lipinski definition) is 1. The lowest BCUT2D eigenvalue weighted by Gasteiger charge is -2.17. The molecular weight excluding hydrogens is 202 g/mol. The Morgan fingerprint density at radius 3 is 2.75 bits per heavy atom. The van der Waals surface area contributed by atoms with E-state index in [9.17, 15) is 0 Å². The minimum absolute atomic E-state index is 0.142. The first-order chi connectivity index (χ1) is 7.74. The summed E-state index contributed by atoms with van der Waals surface area (Å²) in [4.78, 5) is 0. The van der Waals surface area contributed by atoms with Crippen LogP contribution in [0, 0.1) is 0 Å². The molecule has 0 amide bonds. The van der Waals surface area contributed by atoms with Crippen molar-refractivity contribution in [2.24, 2.45) is 0 Å². The van der Waals surface area contributed by atoms with Crippen molar-refractivity contribution in [3.05, 3.63) is 11.8 Å². The van der Waals surface area contributed by atoms with Gasteiger partial charge in [-0.3, -0.25) is 0 Å². The van der Waals surface area contributed by atoms with Gasteiger partial charge in [0.2, 0.25) is 11.8 Å². The minimum Gasteiger partial charge on any atom is -0.425 e. The summed E-state index contributed by atoms with van der Waals surface area (Å²) in [6, 6.07) is 0. The lowest BCUT2D eigenvalue weighted by Crippen LogP contribution is -2.17. The Labute approximate surface area is 96.8 Å². The molecule has 1 saturated carbocycles. The maximum absolute atomic E-state index is 5.75. The maximum Gasteiger partial charge on any atom is 0.222 e. The first kappa shape index (κ1) is 11.6. The van der Waals surface area contributed by atoms with Gasteiger partial charge in [0, 0.05) is 18.4 Å². The van der Waals surface area contributed by atoms with E-state index in [1.807, 2.05) is 0 Å². The van der Waals surface area contributed by atoms with Gasteiger partial charge in [-0.2, -0.15) is 0 Å². The van der Waals surface area contributed by atoms with E-state index in [1.165, 1.54) is 25.7 Å².